The number of rotatable bonds is 9. The van der Waals surface area contributed by atoms with Crippen LogP contribution in [-0.4, -0.2) is 28.7 Å². The number of benzene rings is 2. The molecule has 0 aliphatic heterocycles. The molecular formula is C18H22BrNO5S. The Bertz CT molecular complexity index is 855. The van der Waals surface area contributed by atoms with E-state index < -0.39 is 10.0 Å². The van der Waals surface area contributed by atoms with Gasteiger partial charge in [-0.1, -0.05) is 6.07 Å². The highest BCUT2D eigenvalue weighted by atomic mass is 79.9. The third kappa shape index (κ3) is 5.12. The van der Waals surface area contributed by atoms with E-state index in [1.807, 2.05) is 13.8 Å². The Morgan fingerprint density at radius 3 is 2.23 bits per heavy atom. The van der Waals surface area contributed by atoms with Crippen molar-refractivity contribution in [2.24, 2.45) is 0 Å². The minimum Gasteiger partial charge on any atom is -0.496 e. The summed E-state index contributed by atoms with van der Waals surface area (Å²) in [6.07, 6.45) is 0. The van der Waals surface area contributed by atoms with Gasteiger partial charge in [-0.3, -0.25) is 0 Å². The Kier molecular flexibility index (Phi) is 7.31. The van der Waals surface area contributed by atoms with E-state index in [1.165, 1.54) is 19.2 Å². The van der Waals surface area contributed by atoms with Crippen molar-refractivity contribution in [1.82, 2.24) is 4.72 Å². The van der Waals surface area contributed by atoms with Crippen LogP contribution in [0.4, 0.5) is 0 Å². The maximum Gasteiger partial charge on any atom is 0.240 e. The molecule has 0 fully saturated rings. The maximum atomic E-state index is 12.5. The lowest BCUT2D eigenvalue weighted by Gasteiger charge is -2.13. The first-order valence-electron chi connectivity index (χ1n) is 8.13. The van der Waals surface area contributed by atoms with Crippen LogP contribution in [0.25, 0.3) is 0 Å². The van der Waals surface area contributed by atoms with E-state index in [4.69, 9.17) is 14.2 Å². The SMILES string of the molecule is CCOc1ccc(CNS(=O)(=O)c2ccc(OC)c(Br)c2)cc1OCC. The molecule has 0 saturated heterocycles. The second-order valence-corrected chi connectivity index (χ2v) is 7.89. The molecule has 2 aromatic carbocycles. The molecule has 1 N–H and O–H groups in total. The molecule has 8 heteroatoms. The highest BCUT2D eigenvalue weighted by Gasteiger charge is 2.16. The topological polar surface area (TPSA) is 73.9 Å². The second kappa shape index (κ2) is 9.25. The number of ether oxygens (including phenoxy) is 3. The van der Waals surface area contributed by atoms with Gasteiger partial charge >= 0.3 is 0 Å². The fourth-order valence-electron chi connectivity index (χ4n) is 2.28. The highest BCUT2D eigenvalue weighted by Crippen LogP contribution is 2.29. The third-order valence-electron chi connectivity index (χ3n) is 3.51. The van der Waals surface area contributed by atoms with Crippen LogP contribution in [0.2, 0.25) is 0 Å². The molecular weight excluding hydrogens is 422 g/mol. The first-order valence-corrected chi connectivity index (χ1v) is 10.4. The maximum absolute atomic E-state index is 12.5. The summed E-state index contributed by atoms with van der Waals surface area (Å²) in [5, 5.41) is 0. The van der Waals surface area contributed by atoms with Crippen LogP contribution < -0.4 is 18.9 Å². The minimum absolute atomic E-state index is 0.137. The molecule has 2 aromatic rings. The number of hydrogen-bond donors (Lipinski definition) is 1. The largest absolute Gasteiger partial charge is 0.496 e. The molecule has 0 saturated carbocycles. The van der Waals surface area contributed by atoms with Crippen LogP contribution in [0.3, 0.4) is 0 Å². The van der Waals surface area contributed by atoms with Gasteiger partial charge < -0.3 is 14.2 Å². The van der Waals surface area contributed by atoms with Gasteiger partial charge in [0.25, 0.3) is 0 Å². The Labute approximate surface area is 162 Å². The van der Waals surface area contributed by atoms with Gasteiger partial charge in [0.15, 0.2) is 11.5 Å². The van der Waals surface area contributed by atoms with Crippen molar-refractivity contribution in [1.29, 1.82) is 0 Å². The molecule has 0 aliphatic carbocycles. The van der Waals surface area contributed by atoms with Crippen LogP contribution in [-0.2, 0) is 16.6 Å². The average molecular weight is 444 g/mol. The molecule has 2 rings (SSSR count). The third-order valence-corrected chi connectivity index (χ3v) is 5.53. The molecule has 0 spiro atoms. The Morgan fingerprint density at radius 1 is 0.962 bits per heavy atom. The Morgan fingerprint density at radius 2 is 1.62 bits per heavy atom. The van der Waals surface area contributed by atoms with Crippen LogP contribution in [0, 0.1) is 0 Å². The molecule has 0 atom stereocenters. The molecule has 0 heterocycles. The van der Waals surface area contributed by atoms with E-state index in [-0.39, 0.29) is 11.4 Å². The fourth-order valence-corrected chi connectivity index (χ4v) is 4.02. The molecule has 0 amide bonds. The van der Waals surface area contributed by atoms with E-state index in [0.29, 0.717) is 34.9 Å². The van der Waals surface area contributed by atoms with Gasteiger partial charge in [0, 0.05) is 6.54 Å². The van der Waals surface area contributed by atoms with Gasteiger partial charge in [-0.05, 0) is 65.7 Å². The quantitative estimate of drug-likeness (QED) is 0.638. The van der Waals surface area contributed by atoms with Crippen LogP contribution in [0.15, 0.2) is 45.8 Å². The first-order chi connectivity index (χ1) is 12.4. The van der Waals surface area contributed by atoms with Crippen molar-refractivity contribution in [2.45, 2.75) is 25.3 Å². The monoisotopic (exact) mass is 443 g/mol. The van der Waals surface area contributed by atoms with Crippen molar-refractivity contribution in [3.63, 3.8) is 0 Å². The Balaban J connectivity index is 2.16. The predicted octanol–water partition coefficient (Wildman–Crippen LogP) is 3.73. The van der Waals surface area contributed by atoms with Gasteiger partial charge in [-0.15, -0.1) is 0 Å². The smallest absolute Gasteiger partial charge is 0.240 e. The van der Waals surface area contributed by atoms with Gasteiger partial charge in [0.05, 0.1) is 29.7 Å². The highest BCUT2D eigenvalue weighted by molar-refractivity contribution is 9.10. The van der Waals surface area contributed by atoms with Crippen molar-refractivity contribution in [3.8, 4) is 17.2 Å². The lowest BCUT2D eigenvalue weighted by atomic mass is 10.2. The second-order valence-electron chi connectivity index (χ2n) is 5.27. The van der Waals surface area contributed by atoms with E-state index in [1.54, 1.807) is 24.3 Å². The summed E-state index contributed by atoms with van der Waals surface area (Å²) in [7, 11) is -2.14. The van der Waals surface area contributed by atoms with E-state index in [9.17, 15) is 8.42 Å². The van der Waals surface area contributed by atoms with Crippen molar-refractivity contribution >= 4 is 26.0 Å². The normalized spacial score (nSPS) is 11.2. The number of nitrogens with one attached hydrogen (secondary N) is 1. The zero-order chi connectivity index (χ0) is 19.2. The summed E-state index contributed by atoms with van der Waals surface area (Å²) >= 11 is 3.30. The van der Waals surface area contributed by atoms with Gasteiger partial charge in [0.1, 0.15) is 5.75 Å². The molecule has 0 aromatic heterocycles. The predicted molar refractivity (Wildman–Crippen MR) is 103 cm³/mol. The van der Waals surface area contributed by atoms with E-state index >= 15 is 0 Å². The van der Waals surface area contributed by atoms with Gasteiger partial charge in [-0.2, -0.15) is 0 Å². The van der Waals surface area contributed by atoms with Crippen molar-refractivity contribution < 1.29 is 22.6 Å². The molecule has 0 radical (unpaired) electrons. The number of sulfonamides is 1. The van der Waals surface area contributed by atoms with E-state index in [2.05, 4.69) is 20.7 Å². The molecule has 6 nitrogen and oxygen atoms in total. The fraction of sp³-hybridized carbons (Fsp3) is 0.333. The summed E-state index contributed by atoms with van der Waals surface area (Å²) in [6.45, 7) is 4.93. The zero-order valence-corrected chi connectivity index (χ0v) is 17.3. The van der Waals surface area contributed by atoms with Crippen molar-refractivity contribution in [3.05, 3.63) is 46.4 Å². The lowest BCUT2D eigenvalue weighted by molar-refractivity contribution is 0.287. The number of hydrogen-bond acceptors (Lipinski definition) is 5. The van der Waals surface area contributed by atoms with Crippen LogP contribution in [0.5, 0.6) is 17.2 Å². The van der Waals surface area contributed by atoms with Crippen molar-refractivity contribution in [2.75, 3.05) is 20.3 Å². The first kappa shape index (κ1) is 20.5. The number of halogens is 1. The summed E-state index contributed by atoms with van der Waals surface area (Å²) < 4.78 is 44.4. The molecule has 0 aliphatic rings. The van der Waals surface area contributed by atoms with Crippen LogP contribution >= 0.6 is 15.9 Å². The molecule has 0 unspecified atom stereocenters. The van der Waals surface area contributed by atoms with Gasteiger partial charge in [0.2, 0.25) is 10.0 Å². The summed E-state index contributed by atoms with van der Waals surface area (Å²) in [5.41, 5.74) is 0.771. The van der Waals surface area contributed by atoms with Gasteiger partial charge in [-0.25, -0.2) is 13.1 Å². The summed E-state index contributed by atoms with van der Waals surface area (Å²) in [4.78, 5) is 0.154. The summed E-state index contributed by atoms with van der Waals surface area (Å²) in [5.74, 6) is 1.80. The molecule has 142 valence electrons. The minimum atomic E-state index is -3.66. The lowest BCUT2D eigenvalue weighted by Crippen LogP contribution is -2.23. The average Bonchev–Trinajstić information content (AvgIpc) is 2.62. The Hall–Kier alpha value is -1.77. The standard InChI is InChI=1S/C18H22BrNO5S/c1-4-24-17-8-6-13(10-18(17)25-5-2)12-20-26(21,22)14-7-9-16(23-3)15(19)11-14/h6-11,20H,4-5,12H2,1-3H3. The number of methoxy groups -OCH3 is 1. The van der Waals surface area contributed by atoms with E-state index in [0.717, 1.165) is 5.56 Å². The zero-order valence-electron chi connectivity index (χ0n) is 14.9. The summed E-state index contributed by atoms with van der Waals surface area (Å²) in [6, 6.07) is 9.96. The van der Waals surface area contributed by atoms with Crippen LogP contribution in [0.1, 0.15) is 19.4 Å². The molecule has 0 bridgehead atoms. The molecule has 26 heavy (non-hydrogen) atoms.